The lowest BCUT2D eigenvalue weighted by Crippen LogP contribution is -2.17. The zero-order chi connectivity index (χ0) is 13.7. The number of hydrogen-bond donors (Lipinski definition) is 2. The van der Waals surface area contributed by atoms with E-state index in [-0.39, 0.29) is 5.84 Å². The van der Waals surface area contributed by atoms with Crippen LogP contribution in [-0.2, 0) is 5.75 Å². The van der Waals surface area contributed by atoms with Gasteiger partial charge in [-0.25, -0.2) is 0 Å². The smallest absolute Gasteiger partial charge is 0.189 e. The number of oxime groups is 1. The van der Waals surface area contributed by atoms with Gasteiger partial charge in [0.1, 0.15) is 5.69 Å². The Labute approximate surface area is 116 Å². The highest BCUT2D eigenvalue weighted by molar-refractivity contribution is 7.98. The van der Waals surface area contributed by atoms with Crippen LogP contribution in [0.1, 0.15) is 16.8 Å². The van der Waals surface area contributed by atoms with E-state index < -0.39 is 0 Å². The maximum Gasteiger partial charge on any atom is 0.189 e. The molecule has 4 nitrogen and oxygen atoms in total. The van der Waals surface area contributed by atoms with E-state index in [4.69, 9.17) is 10.9 Å². The predicted octanol–water partition coefficient (Wildman–Crippen LogP) is 2.78. The van der Waals surface area contributed by atoms with Crippen molar-refractivity contribution in [3.8, 4) is 0 Å². The van der Waals surface area contributed by atoms with Gasteiger partial charge in [-0.05, 0) is 30.2 Å². The van der Waals surface area contributed by atoms with Gasteiger partial charge in [0.05, 0.1) is 0 Å². The van der Waals surface area contributed by atoms with Gasteiger partial charge >= 0.3 is 0 Å². The van der Waals surface area contributed by atoms with Crippen molar-refractivity contribution in [1.29, 1.82) is 0 Å². The van der Waals surface area contributed by atoms with Crippen LogP contribution in [0.4, 0.5) is 0 Å². The van der Waals surface area contributed by atoms with Crippen molar-refractivity contribution < 1.29 is 5.21 Å². The summed E-state index contributed by atoms with van der Waals surface area (Å²) in [7, 11) is 0. The molecule has 1 heterocycles. The summed E-state index contributed by atoms with van der Waals surface area (Å²) in [5, 5.41) is 11.8. The second kappa shape index (κ2) is 6.24. The molecule has 0 saturated carbocycles. The van der Waals surface area contributed by atoms with Crippen LogP contribution in [-0.4, -0.2) is 16.0 Å². The molecule has 2 rings (SSSR count). The van der Waals surface area contributed by atoms with Gasteiger partial charge in [-0.1, -0.05) is 29.4 Å². The van der Waals surface area contributed by atoms with Crippen LogP contribution in [0.15, 0.2) is 52.6 Å². The molecular formula is C14H15N3OS. The van der Waals surface area contributed by atoms with Gasteiger partial charge in [-0.3, -0.25) is 4.98 Å². The maximum atomic E-state index is 8.76. The fourth-order valence-electron chi connectivity index (χ4n) is 1.71. The van der Waals surface area contributed by atoms with Crippen molar-refractivity contribution in [2.45, 2.75) is 17.6 Å². The Morgan fingerprint density at radius 1 is 1.32 bits per heavy atom. The molecular weight excluding hydrogens is 258 g/mol. The van der Waals surface area contributed by atoms with E-state index in [1.54, 1.807) is 18.0 Å². The van der Waals surface area contributed by atoms with E-state index in [1.165, 1.54) is 10.5 Å². The SMILES string of the molecule is Cc1ccccc1SCc1cccnc1C(N)=NO. The van der Waals surface area contributed by atoms with E-state index >= 15 is 0 Å². The van der Waals surface area contributed by atoms with Crippen LogP contribution >= 0.6 is 11.8 Å². The minimum absolute atomic E-state index is 0.0426. The second-order valence-corrected chi connectivity index (χ2v) is 5.07. The minimum Gasteiger partial charge on any atom is -0.409 e. The average molecular weight is 273 g/mol. The van der Waals surface area contributed by atoms with Gasteiger partial charge < -0.3 is 10.9 Å². The molecule has 5 heteroatoms. The van der Waals surface area contributed by atoms with Gasteiger partial charge in [-0.15, -0.1) is 11.8 Å². The predicted molar refractivity (Wildman–Crippen MR) is 77.5 cm³/mol. The standard InChI is InChI=1S/C14H15N3OS/c1-10-5-2-3-7-12(10)19-9-11-6-4-8-16-13(11)14(15)17-18/h2-8,18H,9H2,1H3,(H2,15,17). The topological polar surface area (TPSA) is 71.5 Å². The van der Waals surface area contributed by atoms with Crippen LogP contribution < -0.4 is 5.73 Å². The third-order valence-electron chi connectivity index (χ3n) is 2.72. The number of nitrogens with zero attached hydrogens (tertiary/aromatic N) is 2. The first kappa shape index (κ1) is 13.4. The molecule has 19 heavy (non-hydrogen) atoms. The Kier molecular flexibility index (Phi) is 4.41. The van der Waals surface area contributed by atoms with Gasteiger partial charge in [0.15, 0.2) is 5.84 Å². The lowest BCUT2D eigenvalue weighted by atomic mass is 10.2. The van der Waals surface area contributed by atoms with Crippen molar-refractivity contribution in [3.63, 3.8) is 0 Å². The van der Waals surface area contributed by atoms with Gasteiger partial charge in [0.25, 0.3) is 0 Å². The van der Waals surface area contributed by atoms with Crippen molar-refractivity contribution in [3.05, 3.63) is 59.4 Å². The fraction of sp³-hybridized carbons (Fsp3) is 0.143. The number of benzene rings is 1. The maximum absolute atomic E-state index is 8.76. The molecule has 0 fully saturated rings. The zero-order valence-electron chi connectivity index (χ0n) is 10.6. The molecule has 0 amide bonds. The number of aryl methyl sites for hydroxylation is 1. The first-order valence-corrected chi connectivity index (χ1v) is 6.81. The lowest BCUT2D eigenvalue weighted by Gasteiger charge is -2.08. The Balaban J connectivity index is 2.19. The summed E-state index contributed by atoms with van der Waals surface area (Å²) in [5.74, 6) is 0.769. The molecule has 0 aliphatic rings. The molecule has 0 aliphatic heterocycles. The molecule has 0 bridgehead atoms. The molecule has 0 spiro atoms. The van der Waals surface area contributed by atoms with Crippen molar-refractivity contribution in [2.24, 2.45) is 10.9 Å². The van der Waals surface area contributed by atoms with Crippen molar-refractivity contribution in [1.82, 2.24) is 4.98 Å². The van der Waals surface area contributed by atoms with E-state index in [9.17, 15) is 0 Å². The highest BCUT2D eigenvalue weighted by Crippen LogP contribution is 2.26. The summed E-state index contributed by atoms with van der Waals surface area (Å²) < 4.78 is 0. The van der Waals surface area contributed by atoms with Crippen LogP contribution in [0.3, 0.4) is 0 Å². The molecule has 3 N–H and O–H groups in total. The third kappa shape index (κ3) is 3.26. The quantitative estimate of drug-likeness (QED) is 0.295. The molecule has 2 aromatic rings. The Morgan fingerprint density at radius 3 is 2.84 bits per heavy atom. The lowest BCUT2D eigenvalue weighted by molar-refractivity contribution is 0.318. The normalized spacial score (nSPS) is 11.5. The minimum atomic E-state index is 0.0426. The largest absolute Gasteiger partial charge is 0.409 e. The average Bonchev–Trinajstić information content (AvgIpc) is 2.46. The summed E-state index contributed by atoms with van der Waals surface area (Å²) in [4.78, 5) is 5.37. The molecule has 1 aromatic heterocycles. The van der Waals surface area contributed by atoms with Gasteiger partial charge in [-0.2, -0.15) is 0 Å². The van der Waals surface area contributed by atoms with Crippen LogP contribution in [0, 0.1) is 6.92 Å². The fourth-order valence-corrected chi connectivity index (χ4v) is 2.72. The summed E-state index contributed by atoms with van der Waals surface area (Å²) >= 11 is 1.71. The van der Waals surface area contributed by atoms with Crippen molar-refractivity contribution in [2.75, 3.05) is 0 Å². The van der Waals surface area contributed by atoms with E-state index in [2.05, 4.69) is 29.2 Å². The highest BCUT2D eigenvalue weighted by atomic mass is 32.2. The number of pyridine rings is 1. The van der Waals surface area contributed by atoms with Crippen LogP contribution in [0.2, 0.25) is 0 Å². The monoisotopic (exact) mass is 273 g/mol. The van der Waals surface area contributed by atoms with E-state index in [0.717, 1.165) is 11.3 Å². The summed E-state index contributed by atoms with van der Waals surface area (Å²) in [6.07, 6.45) is 1.63. The molecule has 0 unspecified atom stereocenters. The summed E-state index contributed by atoms with van der Waals surface area (Å²) in [6, 6.07) is 12.0. The molecule has 0 radical (unpaired) electrons. The Bertz CT molecular complexity index is 599. The molecule has 0 aliphatic carbocycles. The zero-order valence-corrected chi connectivity index (χ0v) is 11.4. The number of nitrogens with two attached hydrogens (primary N) is 1. The van der Waals surface area contributed by atoms with Crippen LogP contribution in [0.25, 0.3) is 0 Å². The van der Waals surface area contributed by atoms with Crippen molar-refractivity contribution >= 4 is 17.6 Å². The Hall–Kier alpha value is -2.01. The highest BCUT2D eigenvalue weighted by Gasteiger charge is 2.09. The number of amidine groups is 1. The Morgan fingerprint density at radius 2 is 2.11 bits per heavy atom. The first-order chi connectivity index (χ1) is 9.22. The second-order valence-electron chi connectivity index (χ2n) is 4.05. The number of rotatable bonds is 4. The number of thioether (sulfide) groups is 1. The van der Waals surface area contributed by atoms with Gasteiger partial charge in [0.2, 0.25) is 0 Å². The summed E-state index contributed by atoms with van der Waals surface area (Å²) in [6.45, 7) is 2.08. The number of hydrogen-bond acceptors (Lipinski definition) is 4. The van der Waals surface area contributed by atoms with Crippen LogP contribution in [0.5, 0.6) is 0 Å². The molecule has 98 valence electrons. The van der Waals surface area contributed by atoms with E-state index in [0.29, 0.717) is 5.69 Å². The molecule has 1 aromatic carbocycles. The molecule has 0 saturated heterocycles. The third-order valence-corrected chi connectivity index (χ3v) is 3.94. The summed E-state index contributed by atoms with van der Waals surface area (Å²) in [5.41, 5.74) is 8.34. The van der Waals surface area contributed by atoms with E-state index in [1.807, 2.05) is 24.3 Å². The molecule has 0 atom stereocenters. The first-order valence-electron chi connectivity index (χ1n) is 5.82. The van der Waals surface area contributed by atoms with Gasteiger partial charge in [0, 0.05) is 16.8 Å². The number of aromatic nitrogens is 1.